The van der Waals surface area contributed by atoms with Crippen LogP contribution in [0.1, 0.15) is 12.8 Å². The molecule has 0 unspecified atom stereocenters. The van der Waals surface area contributed by atoms with E-state index in [1.54, 1.807) is 0 Å². The van der Waals surface area contributed by atoms with Crippen LogP contribution in [0, 0.1) is 0 Å². The van der Waals surface area contributed by atoms with E-state index in [9.17, 15) is 18.0 Å². The van der Waals surface area contributed by atoms with Crippen molar-refractivity contribution in [3.05, 3.63) is 0 Å². The van der Waals surface area contributed by atoms with Gasteiger partial charge in [0.15, 0.2) is 0 Å². The standard InChI is InChI=1S/C6H8F3NO2/c7-6(8,9)12-4-2-1-3-10-5-11/h1-4H2. The summed E-state index contributed by atoms with van der Waals surface area (Å²) in [5, 5.41) is 0. The topological polar surface area (TPSA) is 38.7 Å². The lowest BCUT2D eigenvalue weighted by atomic mass is 10.3. The zero-order valence-electron chi connectivity index (χ0n) is 6.23. The summed E-state index contributed by atoms with van der Waals surface area (Å²) in [5.74, 6) is 0. The van der Waals surface area contributed by atoms with E-state index in [0.29, 0.717) is 6.42 Å². The van der Waals surface area contributed by atoms with Crippen molar-refractivity contribution in [2.24, 2.45) is 4.99 Å². The number of aliphatic imine (C=N–C) groups is 1. The molecule has 0 radical (unpaired) electrons. The van der Waals surface area contributed by atoms with Gasteiger partial charge in [-0.3, -0.25) is 4.74 Å². The summed E-state index contributed by atoms with van der Waals surface area (Å²) in [6.45, 7) is -0.192. The third-order valence-electron chi connectivity index (χ3n) is 0.995. The number of isocyanates is 1. The van der Waals surface area contributed by atoms with E-state index in [-0.39, 0.29) is 13.0 Å². The Morgan fingerprint density at radius 1 is 1.33 bits per heavy atom. The van der Waals surface area contributed by atoms with E-state index < -0.39 is 13.0 Å². The predicted octanol–water partition coefficient (Wildman–Crippen LogP) is 1.64. The van der Waals surface area contributed by atoms with Gasteiger partial charge in [-0.1, -0.05) is 0 Å². The number of halogens is 3. The summed E-state index contributed by atoms with van der Waals surface area (Å²) in [6, 6.07) is 0. The monoisotopic (exact) mass is 183 g/mol. The Bertz CT molecular complexity index is 163. The molecule has 0 aliphatic rings. The first-order valence-electron chi connectivity index (χ1n) is 3.30. The average molecular weight is 183 g/mol. The summed E-state index contributed by atoms with van der Waals surface area (Å²) in [4.78, 5) is 12.7. The highest BCUT2D eigenvalue weighted by atomic mass is 19.4. The summed E-state index contributed by atoms with van der Waals surface area (Å²) in [7, 11) is 0. The van der Waals surface area contributed by atoms with Gasteiger partial charge in [-0.2, -0.15) is 0 Å². The third kappa shape index (κ3) is 9.13. The van der Waals surface area contributed by atoms with Crippen molar-refractivity contribution in [3.8, 4) is 0 Å². The van der Waals surface area contributed by atoms with Crippen LogP contribution in [-0.4, -0.2) is 25.6 Å². The molecule has 0 fully saturated rings. The van der Waals surface area contributed by atoms with E-state index in [1.807, 2.05) is 0 Å². The highest BCUT2D eigenvalue weighted by Gasteiger charge is 2.28. The van der Waals surface area contributed by atoms with Crippen LogP contribution in [-0.2, 0) is 9.53 Å². The van der Waals surface area contributed by atoms with E-state index in [4.69, 9.17) is 0 Å². The summed E-state index contributed by atoms with van der Waals surface area (Å²) < 4.78 is 37.4. The molecule has 70 valence electrons. The molecular weight excluding hydrogens is 175 g/mol. The van der Waals surface area contributed by atoms with Gasteiger partial charge in [0.2, 0.25) is 6.08 Å². The highest BCUT2D eigenvalue weighted by Crippen LogP contribution is 2.16. The molecule has 0 rings (SSSR count). The molecule has 0 aromatic rings. The molecule has 12 heavy (non-hydrogen) atoms. The van der Waals surface area contributed by atoms with E-state index in [2.05, 4.69) is 9.73 Å². The van der Waals surface area contributed by atoms with Gasteiger partial charge < -0.3 is 0 Å². The number of nitrogens with zero attached hydrogens (tertiary/aromatic N) is 1. The molecule has 0 spiro atoms. The minimum atomic E-state index is -4.56. The summed E-state index contributed by atoms with van der Waals surface area (Å²) in [5.41, 5.74) is 0. The number of ether oxygens (including phenoxy) is 1. The zero-order valence-corrected chi connectivity index (χ0v) is 6.23. The number of rotatable bonds is 5. The average Bonchev–Trinajstić information content (AvgIpc) is 1.94. The van der Waals surface area contributed by atoms with Gasteiger partial charge in [-0.05, 0) is 12.8 Å². The van der Waals surface area contributed by atoms with Crippen LogP contribution in [0.2, 0.25) is 0 Å². The Hall–Kier alpha value is -0.870. The maximum Gasteiger partial charge on any atom is 0.522 e. The Balaban J connectivity index is 3.16. The molecule has 0 amide bonds. The molecule has 0 aliphatic carbocycles. The van der Waals surface area contributed by atoms with Gasteiger partial charge in [0.05, 0.1) is 13.2 Å². The molecule has 0 heterocycles. The molecule has 0 aromatic carbocycles. The molecular formula is C6H8F3NO2. The number of unbranched alkanes of at least 4 members (excludes halogenated alkanes) is 1. The maximum absolute atomic E-state index is 11.3. The molecule has 0 saturated heterocycles. The minimum Gasteiger partial charge on any atom is -0.292 e. The SMILES string of the molecule is O=C=NCCCCOC(F)(F)F. The van der Waals surface area contributed by atoms with E-state index in [1.165, 1.54) is 6.08 Å². The fourth-order valence-electron chi connectivity index (χ4n) is 0.526. The molecule has 0 N–H and O–H groups in total. The van der Waals surface area contributed by atoms with Crippen LogP contribution in [0.3, 0.4) is 0 Å². The predicted molar refractivity (Wildman–Crippen MR) is 34.2 cm³/mol. The minimum absolute atomic E-state index is 0.199. The Kier molecular flexibility index (Phi) is 5.32. The van der Waals surface area contributed by atoms with Crippen molar-refractivity contribution in [3.63, 3.8) is 0 Å². The Morgan fingerprint density at radius 3 is 2.50 bits per heavy atom. The first kappa shape index (κ1) is 11.1. The van der Waals surface area contributed by atoms with Gasteiger partial charge in [0, 0.05) is 0 Å². The van der Waals surface area contributed by atoms with Crippen molar-refractivity contribution in [1.29, 1.82) is 0 Å². The van der Waals surface area contributed by atoms with Gasteiger partial charge >= 0.3 is 6.36 Å². The molecule has 0 aromatic heterocycles. The smallest absolute Gasteiger partial charge is 0.292 e. The summed E-state index contributed by atoms with van der Waals surface area (Å²) >= 11 is 0. The lowest BCUT2D eigenvalue weighted by Gasteiger charge is -2.05. The fraction of sp³-hybridized carbons (Fsp3) is 0.833. The van der Waals surface area contributed by atoms with Crippen molar-refractivity contribution < 1.29 is 22.7 Å². The lowest BCUT2D eigenvalue weighted by Crippen LogP contribution is -2.14. The number of carbonyl (C=O) groups excluding carboxylic acids is 1. The molecule has 6 heteroatoms. The van der Waals surface area contributed by atoms with Crippen LogP contribution in [0.4, 0.5) is 13.2 Å². The molecule has 0 atom stereocenters. The highest BCUT2D eigenvalue weighted by molar-refractivity contribution is 5.32. The van der Waals surface area contributed by atoms with Crippen molar-refractivity contribution in [1.82, 2.24) is 0 Å². The maximum atomic E-state index is 11.3. The Labute approximate surface area is 67.2 Å². The van der Waals surface area contributed by atoms with Crippen molar-refractivity contribution in [2.45, 2.75) is 19.2 Å². The largest absolute Gasteiger partial charge is 0.522 e. The quantitative estimate of drug-likeness (QED) is 0.369. The normalized spacial score (nSPS) is 10.9. The number of alkyl halides is 3. The van der Waals surface area contributed by atoms with Crippen molar-refractivity contribution in [2.75, 3.05) is 13.2 Å². The van der Waals surface area contributed by atoms with Gasteiger partial charge in [-0.15, -0.1) is 13.2 Å². The second kappa shape index (κ2) is 5.74. The summed E-state index contributed by atoms with van der Waals surface area (Å²) in [6.07, 6.45) is -2.65. The molecule has 3 nitrogen and oxygen atoms in total. The molecule has 0 bridgehead atoms. The second-order valence-corrected chi connectivity index (χ2v) is 1.97. The van der Waals surface area contributed by atoms with Crippen LogP contribution in [0.15, 0.2) is 4.99 Å². The van der Waals surface area contributed by atoms with Gasteiger partial charge in [-0.25, -0.2) is 9.79 Å². The van der Waals surface area contributed by atoms with Crippen molar-refractivity contribution >= 4 is 6.08 Å². The van der Waals surface area contributed by atoms with Gasteiger partial charge in [0.25, 0.3) is 0 Å². The van der Waals surface area contributed by atoms with E-state index >= 15 is 0 Å². The third-order valence-corrected chi connectivity index (χ3v) is 0.995. The first-order chi connectivity index (χ1) is 5.56. The second-order valence-electron chi connectivity index (χ2n) is 1.97. The zero-order chi connectivity index (χ0) is 9.45. The fourth-order valence-corrected chi connectivity index (χ4v) is 0.526. The van der Waals surface area contributed by atoms with Crippen LogP contribution >= 0.6 is 0 Å². The Morgan fingerprint density at radius 2 is 2.00 bits per heavy atom. The van der Waals surface area contributed by atoms with Gasteiger partial charge in [0.1, 0.15) is 0 Å². The molecule has 0 aliphatic heterocycles. The molecule has 0 saturated carbocycles. The number of hydrogen-bond acceptors (Lipinski definition) is 3. The van der Waals surface area contributed by atoms with Crippen LogP contribution in [0.25, 0.3) is 0 Å². The van der Waals surface area contributed by atoms with Crippen LogP contribution in [0.5, 0.6) is 0 Å². The van der Waals surface area contributed by atoms with E-state index in [0.717, 1.165) is 0 Å². The number of hydrogen-bond donors (Lipinski definition) is 0. The lowest BCUT2D eigenvalue weighted by molar-refractivity contribution is -0.324. The first-order valence-corrected chi connectivity index (χ1v) is 3.30. The van der Waals surface area contributed by atoms with Crippen LogP contribution < -0.4 is 0 Å².